The van der Waals surface area contributed by atoms with Crippen LogP contribution in [0.2, 0.25) is 0 Å². The van der Waals surface area contributed by atoms with E-state index in [-0.39, 0.29) is 6.29 Å². The molecule has 0 aromatic rings. The molecule has 0 amide bonds. The Bertz CT molecular complexity index is 92.5. The first kappa shape index (κ1) is 5.65. The van der Waals surface area contributed by atoms with E-state index in [1.165, 1.54) is 0 Å². The van der Waals surface area contributed by atoms with Gasteiger partial charge in [0, 0.05) is 6.61 Å². The molecule has 3 heteroatoms. The lowest BCUT2D eigenvalue weighted by Gasteiger charge is -2.05. The van der Waals surface area contributed by atoms with Crippen molar-refractivity contribution < 1.29 is 14.2 Å². The standard InChI is InChI=1S/C6H10O3/c1-2-7-4-6-8-3-5(1)9-6/h5-6H,1-4H2. The summed E-state index contributed by atoms with van der Waals surface area (Å²) in [6, 6.07) is 0. The van der Waals surface area contributed by atoms with Crippen LogP contribution in [0, 0.1) is 0 Å². The fourth-order valence-corrected chi connectivity index (χ4v) is 1.14. The molecule has 2 atom stereocenters. The molecular formula is C6H10O3. The van der Waals surface area contributed by atoms with Crippen molar-refractivity contribution in [2.45, 2.75) is 18.8 Å². The Morgan fingerprint density at radius 1 is 1.22 bits per heavy atom. The molecule has 52 valence electrons. The topological polar surface area (TPSA) is 27.7 Å². The third-order valence-corrected chi connectivity index (χ3v) is 1.65. The van der Waals surface area contributed by atoms with Gasteiger partial charge in [0.2, 0.25) is 0 Å². The van der Waals surface area contributed by atoms with Crippen LogP contribution >= 0.6 is 0 Å². The molecule has 0 spiro atoms. The van der Waals surface area contributed by atoms with Gasteiger partial charge in [-0.3, -0.25) is 0 Å². The highest BCUT2D eigenvalue weighted by Gasteiger charge is 2.28. The summed E-state index contributed by atoms with van der Waals surface area (Å²) in [7, 11) is 0. The summed E-state index contributed by atoms with van der Waals surface area (Å²) in [5.41, 5.74) is 0. The van der Waals surface area contributed by atoms with Gasteiger partial charge in [0.15, 0.2) is 6.29 Å². The number of rotatable bonds is 0. The van der Waals surface area contributed by atoms with Crippen LogP contribution < -0.4 is 0 Å². The Hall–Kier alpha value is -0.120. The van der Waals surface area contributed by atoms with Gasteiger partial charge in [-0.25, -0.2) is 0 Å². The van der Waals surface area contributed by atoms with E-state index < -0.39 is 0 Å². The van der Waals surface area contributed by atoms with Gasteiger partial charge in [0.05, 0.1) is 19.3 Å². The van der Waals surface area contributed by atoms with Crippen molar-refractivity contribution >= 4 is 0 Å². The Kier molecular flexibility index (Phi) is 1.41. The Labute approximate surface area is 53.9 Å². The maximum Gasteiger partial charge on any atom is 0.181 e. The van der Waals surface area contributed by atoms with Gasteiger partial charge in [0.25, 0.3) is 0 Å². The number of fused-ring (bicyclic) bond motifs is 2. The molecule has 0 aromatic heterocycles. The van der Waals surface area contributed by atoms with Crippen molar-refractivity contribution in [2.24, 2.45) is 0 Å². The first-order chi connectivity index (χ1) is 4.45. The minimum Gasteiger partial charge on any atom is -0.376 e. The van der Waals surface area contributed by atoms with E-state index in [0.29, 0.717) is 12.7 Å². The third-order valence-electron chi connectivity index (χ3n) is 1.65. The summed E-state index contributed by atoms with van der Waals surface area (Å²) in [5.74, 6) is 0. The lowest BCUT2D eigenvalue weighted by Crippen LogP contribution is -2.14. The van der Waals surface area contributed by atoms with E-state index in [9.17, 15) is 0 Å². The van der Waals surface area contributed by atoms with Gasteiger partial charge in [-0.2, -0.15) is 0 Å². The van der Waals surface area contributed by atoms with Gasteiger partial charge < -0.3 is 14.2 Å². The Morgan fingerprint density at radius 2 is 2.22 bits per heavy atom. The molecule has 3 nitrogen and oxygen atoms in total. The highest BCUT2D eigenvalue weighted by molar-refractivity contribution is 4.67. The van der Waals surface area contributed by atoms with E-state index >= 15 is 0 Å². The summed E-state index contributed by atoms with van der Waals surface area (Å²) in [5, 5.41) is 0. The predicted octanol–water partition coefficient (Wildman–Crippen LogP) is 0.148. The first-order valence-electron chi connectivity index (χ1n) is 3.30. The monoisotopic (exact) mass is 130 g/mol. The fourth-order valence-electron chi connectivity index (χ4n) is 1.14. The maximum absolute atomic E-state index is 5.38. The number of hydrogen-bond donors (Lipinski definition) is 0. The van der Waals surface area contributed by atoms with Gasteiger partial charge in [-0.15, -0.1) is 0 Å². The summed E-state index contributed by atoms with van der Waals surface area (Å²) in [6.07, 6.45) is 1.21. The average molecular weight is 130 g/mol. The van der Waals surface area contributed by atoms with Gasteiger partial charge in [0.1, 0.15) is 0 Å². The van der Waals surface area contributed by atoms with Crippen molar-refractivity contribution in [3.8, 4) is 0 Å². The molecule has 2 rings (SSSR count). The van der Waals surface area contributed by atoms with Crippen LogP contribution in [0.15, 0.2) is 0 Å². The second-order valence-electron chi connectivity index (χ2n) is 2.38. The number of ether oxygens (including phenoxy) is 3. The van der Waals surface area contributed by atoms with Crippen molar-refractivity contribution in [3.05, 3.63) is 0 Å². The summed E-state index contributed by atoms with van der Waals surface area (Å²) in [4.78, 5) is 0. The molecule has 0 aromatic carbocycles. The largest absolute Gasteiger partial charge is 0.376 e. The molecule has 2 aliphatic heterocycles. The highest BCUT2D eigenvalue weighted by Crippen LogP contribution is 2.17. The van der Waals surface area contributed by atoms with Crippen LogP contribution in [0.1, 0.15) is 6.42 Å². The van der Waals surface area contributed by atoms with Crippen LogP contribution in [-0.4, -0.2) is 32.2 Å². The molecule has 0 radical (unpaired) electrons. The third kappa shape index (κ3) is 1.08. The molecule has 2 bridgehead atoms. The van der Waals surface area contributed by atoms with Crippen LogP contribution in [0.3, 0.4) is 0 Å². The minimum atomic E-state index is -0.0718. The SMILES string of the molecule is C1CC2COC(CO1)O2. The lowest BCUT2D eigenvalue weighted by molar-refractivity contribution is -0.0851. The van der Waals surface area contributed by atoms with Crippen LogP contribution in [-0.2, 0) is 14.2 Å². The summed E-state index contributed by atoms with van der Waals surface area (Å²) >= 11 is 0. The molecule has 0 saturated carbocycles. The molecular weight excluding hydrogens is 120 g/mol. The van der Waals surface area contributed by atoms with Crippen molar-refractivity contribution in [1.29, 1.82) is 0 Å². The first-order valence-corrected chi connectivity index (χ1v) is 3.30. The van der Waals surface area contributed by atoms with Gasteiger partial charge in [-0.05, 0) is 6.42 Å². The van der Waals surface area contributed by atoms with E-state index in [1.54, 1.807) is 0 Å². The molecule has 0 aliphatic carbocycles. The van der Waals surface area contributed by atoms with Crippen LogP contribution in [0.25, 0.3) is 0 Å². The predicted molar refractivity (Wildman–Crippen MR) is 30.0 cm³/mol. The van der Waals surface area contributed by atoms with Crippen molar-refractivity contribution in [3.63, 3.8) is 0 Å². The molecule has 2 unspecified atom stereocenters. The highest BCUT2D eigenvalue weighted by atomic mass is 16.7. The second-order valence-corrected chi connectivity index (χ2v) is 2.38. The van der Waals surface area contributed by atoms with Crippen LogP contribution in [0.4, 0.5) is 0 Å². The van der Waals surface area contributed by atoms with Gasteiger partial charge in [-0.1, -0.05) is 0 Å². The van der Waals surface area contributed by atoms with Crippen LogP contribution in [0.5, 0.6) is 0 Å². The van der Waals surface area contributed by atoms with Crippen molar-refractivity contribution in [2.75, 3.05) is 19.8 Å². The summed E-state index contributed by atoms with van der Waals surface area (Å²) in [6.45, 7) is 2.19. The molecule has 2 heterocycles. The number of hydrogen-bond acceptors (Lipinski definition) is 3. The Morgan fingerprint density at radius 3 is 3.22 bits per heavy atom. The molecule has 2 fully saturated rings. The van der Waals surface area contributed by atoms with E-state index in [0.717, 1.165) is 19.6 Å². The smallest absolute Gasteiger partial charge is 0.181 e. The Balaban J connectivity index is 1.99. The summed E-state index contributed by atoms with van der Waals surface area (Å²) < 4.78 is 15.8. The molecule has 0 N–H and O–H groups in total. The second kappa shape index (κ2) is 2.25. The molecule has 2 aliphatic rings. The molecule has 2 saturated heterocycles. The fraction of sp³-hybridized carbons (Fsp3) is 1.00. The zero-order valence-electron chi connectivity index (χ0n) is 5.21. The minimum absolute atomic E-state index is 0.0718. The molecule has 9 heavy (non-hydrogen) atoms. The van der Waals surface area contributed by atoms with E-state index in [1.807, 2.05) is 0 Å². The van der Waals surface area contributed by atoms with Crippen molar-refractivity contribution in [1.82, 2.24) is 0 Å². The van der Waals surface area contributed by atoms with E-state index in [2.05, 4.69) is 0 Å². The average Bonchev–Trinajstić information content (AvgIpc) is 2.09. The lowest BCUT2D eigenvalue weighted by atomic mass is 10.3. The quantitative estimate of drug-likeness (QED) is 0.467. The zero-order valence-corrected chi connectivity index (χ0v) is 5.21. The maximum atomic E-state index is 5.38. The van der Waals surface area contributed by atoms with Gasteiger partial charge >= 0.3 is 0 Å². The normalized spacial score (nSPS) is 42.7. The van der Waals surface area contributed by atoms with E-state index in [4.69, 9.17) is 14.2 Å². The zero-order chi connectivity index (χ0) is 6.10.